The van der Waals surface area contributed by atoms with Gasteiger partial charge in [0.15, 0.2) is 5.11 Å². The number of likely N-dealkylation sites (N-methyl/N-ethyl adjacent to an activating group) is 1. The standard InChI is InChI=1S/C21H24ClN5OS/c1-23-11-6-12-24-21(29)26-19-20(28)27(2)17-10-9-15(22)13-16(17)18(25-19)14-7-4-3-5-8-14/h3-5,7-10,13,19,23H,6,11-12H2,1-2H3,(H2,24,26,29). The molecular formula is C21H24ClN5OS. The summed E-state index contributed by atoms with van der Waals surface area (Å²) in [5.74, 6) is -0.195. The number of amides is 1. The summed E-state index contributed by atoms with van der Waals surface area (Å²) in [5, 5.41) is 10.2. The van der Waals surface area contributed by atoms with Crippen LogP contribution in [-0.2, 0) is 4.79 Å². The van der Waals surface area contributed by atoms with E-state index in [0.29, 0.717) is 22.4 Å². The topological polar surface area (TPSA) is 68.8 Å². The Morgan fingerprint density at radius 2 is 1.97 bits per heavy atom. The minimum atomic E-state index is -0.842. The average molecular weight is 430 g/mol. The van der Waals surface area contributed by atoms with E-state index in [1.54, 1.807) is 18.0 Å². The van der Waals surface area contributed by atoms with Crippen LogP contribution < -0.4 is 20.9 Å². The summed E-state index contributed by atoms with van der Waals surface area (Å²) in [5.41, 5.74) is 3.14. The largest absolute Gasteiger partial charge is 0.363 e. The first-order valence-corrected chi connectivity index (χ1v) is 10.2. The summed E-state index contributed by atoms with van der Waals surface area (Å²) in [6.45, 7) is 1.58. The van der Waals surface area contributed by atoms with Crippen molar-refractivity contribution < 1.29 is 4.79 Å². The van der Waals surface area contributed by atoms with Crippen molar-refractivity contribution in [3.05, 3.63) is 64.7 Å². The lowest BCUT2D eigenvalue weighted by Crippen LogP contribution is -2.49. The Kier molecular flexibility index (Phi) is 7.19. The highest BCUT2D eigenvalue weighted by atomic mass is 35.5. The first kappa shape index (κ1) is 21.2. The van der Waals surface area contributed by atoms with Crippen LogP contribution in [0.3, 0.4) is 0 Å². The number of hydrogen-bond donors (Lipinski definition) is 3. The number of benzene rings is 2. The predicted octanol–water partition coefficient (Wildman–Crippen LogP) is 2.55. The third-order valence-electron chi connectivity index (χ3n) is 4.60. The summed E-state index contributed by atoms with van der Waals surface area (Å²) in [7, 11) is 3.64. The predicted molar refractivity (Wildman–Crippen MR) is 123 cm³/mol. The first-order valence-electron chi connectivity index (χ1n) is 9.41. The van der Waals surface area contributed by atoms with E-state index in [1.807, 2.05) is 49.5 Å². The lowest BCUT2D eigenvalue weighted by Gasteiger charge is -2.22. The number of benzodiazepines with no additional fused rings is 1. The highest BCUT2D eigenvalue weighted by Gasteiger charge is 2.30. The zero-order chi connectivity index (χ0) is 20.8. The number of nitrogens with one attached hydrogen (secondary N) is 3. The molecule has 0 saturated heterocycles. The monoisotopic (exact) mass is 429 g/mol. The van der Waals surface area contributed by atoms with Gasteiger partial charge in [-0.25, -0.2) is 4.99 Å². The molecular weight excluding hydrogens is 406 g/mol. The minimum Gasteiger partial charge on any atom is -0.363 e. The fourth-order valence-corrected chi connectivity index (χ4v) is 3.49. The van der Waals surface area contributed by atoms with Crippen LogP contribution in [0, 0.1) is 0 Å². The molecule has 1 aliphatic heterocycles. The number of aliphatic imine (C=N–C) groups is 1. The lowest BCUT2D eigenvalue weighted by atomic mass is 10.0. The van der Waals surface area contributed by atoms with E-state index in [1.165, 1.54) is 0 Å². The molecule has 1 unspecified atom stereocenters. The zero-order valence-electron chi connectivity index (χ0n) is 16.4. The van der Waals surface area contributed by atoms with Crippen LogP contribution in [-0.4, -0.2) is 50.1 Å². The molecule has 0 fully saturated rings. The van der Waals surface area contributed by atoms with Crippen molar-refractivity contribution in [1.82, 2.24) is 16.0 Å². The maximum absolute atomic E-state index is 13.1. The van der Waals surface area contributed by atoms with Crippen LogP contribution in [0.15, 0.2) is 53.5 Å². The average Bonchev–Trinajstić information content (AvgIpc) is 2.82. The van der Waals surface area contributed by atoms with Crippen LogP contribution in [0.4, 0.5) is 5.69 Å². The Hall–Kier alpha value is -2.48. The molecule has 152 valence electrons. The van der Waals surface area contributed by atoms with Gasteiger partial charge in [0.05, 0.1) is 11.4 Å². The van der Waals surface area contributed by atoms with Gasteiger partial charge in [0.25, 0.3) is 5.91 Å². The summed E-state index contributed by atoms with van der Waals surface area (Å²) in [6.07, 6.45) is 0.0740. The Labute approximate surface area is 181 Å². The van der Waals surface area contributed by atoms with E-state index in [4.69, 9.17) is 28.8 Å². The molecule has 1 amide bonds. The van der Waals surface area contributed by atoms with Crippen LogP contribution in [0.2, 0.25) is 5.02 Å². The van der Waals surface area contributed by atoms with Crippen LogP contribution in [0.1, 0.15) is 17.5 Å². The van der Waals surface area contributed by atoms with Crippen molar-refractivity contribution in [1.29, 1.82) is 0 Å². The van der Waals surface area contributed by atoms with Gasteiger partial charge in [-0.15, -0.1) is 0 Å². The van der Waals surface area contributed by atoms with Crippen molar-refractivity contribution in [2.45, 2.75) is 12.6 Å². The van der Waals surface area contributed by atoms with E-state index in [2.05, 4.69) is 16.0 Å². The molecule has 0 aromatic heterocycles. The number of anilines is 1. The second-order valence-corrected chi connectivity index (χ2v) is 7.51. The van der Waals surface area contributed by atoms with Crippen molar-refractivity contribution in [2.75, 3.05) is 32.1 Å². The molecule has 1 heterocycles. The van der Waals surface area contributed by atoms with E-state index in [-0.39, 0.29) is 5.91 Å². The van der Waals surface area contributed by atoms with Crippen molar-refractivity contribution in [3.63, 3.8) is 0 Å². The molecule has 0 saturated carbocycles. The number of carbonyl (C=O) groups is 1. The molecule has 3 N–H and O–H groups in total. The van der Waals surface area contributed by atoms with Gasteiger partial charge in [0.2, 0.25) is 6.17 Å². The number of rotatable bonds is 6. The van der Waals surface area contributed by atoms with Gasteiger partial charge in [0.1, 0.15) is 0 Å². The van der Waals surface area contributed by atoms with Gasteiger partial charge in [-0.1, -0.05) is 41.9 Å². The third kappa shape index (κ3) is 5.12. The maximum atomic E-state index is 13.1. The molecule has 1 aliphatic rings. The molecule has 0 radical (unpaired) electrons. The minimum absolute atomic E-state index is 0.195. The zero-order valence-corrected chi connectivity index (χ0v) is 18.0. The number of halogens is 1. The Balaban J connectivity index is 1.95. The van der Waals surface area contributed by atoms with Crippen molar-refractivity contribution >= 4 is 46.2 Å². The summed E-state index contributed by atoms with van der Waals surface area (Å²) >= 11 is 11.6. The molecule has 0 spiro atoms. The number of fused-ring (bicyclic) bond motifs is 1. The SMILES string of the molecule is CNCCCNC(=S)NC1N=C(c2ccccc2)c2cc(Cl)ccc2N(C)C1=O. The molecule has 2 aromatic carbocycles. The van der Waals surface area contributed by atoms with Gasteiger partial charge in [0, 0.05) is 29.7 Å². The fourth-order valence-electron chi connectivity index (χ4n) is 3.11. The van der Waals surface area contributed by atoms with Crippen LogP contribution in [0.25, 0.3) is 0 Å². The molecule has 6 nitrogen and oxygen atoms in total. The highest BCUT2D eigenvalue weighted by molar-refractivity contribution is 7.80. The smallest absolute Gasteiger partial charge is 0.272 e. The number of hydrogen-bond acceptors (Lipinski definition) is 4. The quantitative estimate of drug-likeness (QED) is 0.486. The summed E-state index contributed by atoms with van der Waals surface area (Å²) < 4.78 is 0. The van der Waals surface area contributed by atoms with E-state index in [9.17, 15) is 4.79 Å². The second-order valence-electron chi connectivity index (χ2n) is 6.66. The van der Waals surface area contributed by atoms with E-state index >= 15 is 0 Å². The Bertz CT molecular complexity index is 919. The molecule has 8 heteroatoms. The van der Waals surface area contributed by atoms with E-state index in [0.717, 1.165) is 29.8 Å². The number of nitrogens with zero attached hydrogens (tertiary/aromatic N) is 2. The number of thiocarbonyl (C=S) groups is 1. The highest BCUT2D eigenvalue weighted by Crippen LogP contribution is 2.29. The van der Waals surface area contributed by atoms with Gasteiger partial charge in [-0.2, -0.15) is 0 Å². The molecule has 29 heavy (non-hydrogen) atoms. The third-order valence-corrected chi connectivity index (χ3v) is 5.10. The molecule has 1 atom stereocenters. The number of carbonyl (C=O) groups excluding carboxylic acids is 1. The maximum Gasteiger partial charge on any atom is 0.272 e. The van der Waals surface area contributed by atoms with Crippen molar-refractivity contribution in [2.24, 2.45) is 4.99 Å². The Morgan fingerprint density at radius 1 is 1.21 bits per heavy atom. The Morgan fingerprint density at radius 3 is 2.69 bits per heavy atom. The molecule has 0 bridgehead atoms. The second kappa shape index (κ2) is 9.82. The van der Waals surface area contributed by atoms with Crippen LogP contribution in [0.5, 0.6) is 0 Å². The van der Waals surface area contributed by atoms with Gasteiger partial charge >= 0.3 is 0 Å². The van der Waals surface area contributed by atoms with Gasteiger partial charge < -0.3 is 20.9 Å². The fraction of sp³-hybridized carbons (Fsp3) is 0.286. The summed E-state index contributed by atoms with van der Waals surface area (Å²) in [6, 6.07) is 15.2. The lowest BCUT2D eigenvalue weighted by molar-refractivity contribution is -0.119. The molecule has 3 rings (SSSR count). The first-order chi connectivity index (χ1) is 14.0. The molecule has 0 aliphatic carbocycles. The molecule has 2 aromatic rings. The summed E-state index contributed by atoms with van der Waals surface area (Å²) in [4.78, 5) is 19.5. The van der Waals surface area contributed by atoms with Gasteiger partial charge in [-0.3, -0.25) is 4.79 Å². The van der Waals surface area contributed by atoms with Crippen molar-refractivity contribution in [3.8, 4) is 0 Å². The van der Waals surface area contributed by atoms with E-state index < -0.39 is 6.17 Å². The normalized spacial score (nSPS) is 16.0. The van der Waals surface area contributed by atoms with Crippen LogP contribution >= 0.6 is 23.8 Å². The van der Waals surface area contributed by atoms with Gasteiger partial charge in [-0.05, 0) is 50.4 Å².